The normalized spacial score (nSPS) is 17.0. The number of piperidine rings is 3. The molecule has 6 aliphatic rings. The third-order valence-corrected chi connectivity index (χ3v) is 30.3. The zero-order chi connectivity index (χ0) is 99.6. The highest BCUT2D eigenvalue weighted by Gasteiger charge is 2.34. The van der Waals surface area contributed by atoms with Crippen LogP contribution >= 0.6 is 0 Å². The molecule has 3 atom stereocenters. The van der Waals surface area contributed by atoms with Crippen molar-refractivity contribution in [3.63, 3.8) is 0 Å². The first-order valence-corrected chi connectivity index (χ1v) is 53.1. The summed E-state index contributed by atoms with van der Waals surface area (Å²) < 4.78 is 65.6. The van der Waals surface area contributed by atoms with Crippen molar-refractivity contribution < 1.29 is 51.2 Å². The maximum atomic E-state index is 13.8. The number of hydrogen-bond acceptors (Lipinski definition) is 21. The molecule has 730 valence electrons. The van der Waals surface area contributed by atoms with Gasteiger partial charge < -0.3 is 59.1 Å². The van der Waals surface area contributed by atoms with Crippen molar-refractivity contribution in [1.29, 1.82) is 4.78 Å². The van der Waals surface area contributed by atoms with Crippen LogP contribution in [0.3, 0.4) is 0 Å². The van der Waals surface area contributed by atoms with E-state index in [9.17, 15) is 41.7 Å². The molecule has 4 amide bonds. The molecule has 9 aromatic rings. The van der Waals surface area contributed by atoms with E-state index in [1.807, 2.05) is 158 Å². The summed E-state index contributed by atoms with van der Waals surface area (Å²) in [7, 11) is -8.80. The van der Waals surface area contributed by atoms with E-state index in [1.54, 1.807) is 72.7 Å². The second-order valence-corrected chi connectivity index (χ2v) is 45.1. The van der Waals surface area contributed by atoms with Crippen LogP contribution in [0.5, 0.6) is 0 Å². The van der Waals surface area contributed by atoms with E-state index >= 15 is 0 Å². The summed E-state index contributed by atoms with van der Waals surface area (Å²) in [5.41, 5.74) is 16.0. The van der Waals surface area contributed by atoms with Crippen LogP contribution in [-0.4, -0.2) is 220 Å². The topological polar surface area (TPSA) is 314 Å². The number of amides is 4. The van der Waals surface area contributed by atoms with Gasteiger partial charge in [0, 0.05) is 171 Å². The third-order valence-electron chi connectivity index (χ3n) is 25.8. The number of aryl methyl sites for hydroxylation is 6. The lowest BCUT2D eigenvalue weighted by atomic mass is 9.90. The first kappa shape index (κ1) is 104. The highest BCUT2D eigenvalue weighted by Crippen LogP contribution is 2.39. The molecule has 6 aliphatic heterocycles. The monoisotopic (exact) mass is 1930 g/mol. The van der Waals surface area contributed by atoms with E-state index in [1.165, 1.54) is 18.8 Å². The van der Waals surface area contributed by atoms with E-state index in [-0.39, 0.29) is 17.5 Å². The van der Waals surface area contributed by atoms with Gasteiger partial charge in [-0.2, -0.15) is 0 Å². The van der Waals surface area contributed by atoms with E-state index in [0.717, 1.165) is 202 Å². The Morgan fingerprint density at radius 3 is 0.949 bits per heavy atom. The molecule has 6 aromatic carbocycles. The number of carboxylic acids is 1. The Labute approximate surface area is 815 Å². The molecule has 6 fully saturated rings. The molecular weight excluding hydrogens is 1800 g/mol. The fourth-order valence-corrected chi connectivity index (χ4v) is 22.2. The Bertz CT molecular complexity index is 6450. The van der Waals surface area contributed by atoms with Gasteiger partial charge in [0.05, 0.1) is 80.7 Å². The van der Waals surface area contributed by atoms with Gasteiger partial charge in [0.15, 0.2) is 5.69 Å². The molecule has 0 spiro atoms. The predicted octanol–water partition coefficient (Wildman–Crippen LogP) is 19.7. The van der Waals surface area contributed by atoms with Gasteiger partial charge in [-0.05, 0) is 247 Å². The Balaban J connectivity index is 0.000000172. The summed E-state index contributed by atoms with van der Waals surface area (Å²) in [5, 5.41) is 12.6. The van der Waals surface area contributed by atoms with Crippen LogP contribution < -0.4 is 34.7 Å². The van der Waals surface area contributed by atoms with Gasteiger partial charge in [0.25, 0.3) is 11.8 Å². The number of pyridine rings is 3. The largest absolute Gasteiger partial charge is 0.477 e. The highest BCUT2D eigenvalue weighted by molar-refractivity contribution is 7.93. The number of hydrogen-bond donors (Lipinski definition) is 3. The van der Waals surface area contributed by atoms with Crippen LogP contribution in [0, 0.1) is 83.8 Å². The SMILES string of the molecule is CC(C)(C)OC(=O)N=[S@](C)(=O)c1ccccc1N1CCNCC1.[C-]#[N+]c1ccccc1N1CCC(Cc2nc(C(=O)N3CCN(c4ccccc4[S@@](C)(=O)=NC(=O)OC(C)(C)C)CC3)c(C)cc2C)CC1.[C-]#[N+]c1ccccc1N1CCC(Cc2nc(C(=O)N3CCN(c4ccccc4[S@](C)(=N)=O)CC3)c(C)cc2C)CC1.[C-]#[N+]c1ccccc1N1CCC(Cc2nc(C(=O)O)c(C)cc2C)CC1. The first-order chi connectivity index (χ1) is 65.6. The number of ether oxygens (including phenoxy) is 2. The van der Waals surface area contributed by atoms with Crippen molar-refractivity contribution in [2.24, 2.45) is 26.5 Å². The van der Waals surface area contributed by atoms with Crippen LogP contribution in [0.2, 0.25) is 0 Å². The number of para-hydroxylation sites is 9. The van der Waals surface area contributed by atoms with Crippen molar-refractivity contribution in [3.8, 4) is 0 Å². The zero-order valence-corrected chi connectivity index (χ0v) is 84.8. The molecule has 138 heavy (non-hydrogen) atoms. The second kappa shape index (κ2) is 46.1. The van der Waals surface area contributed by atoms with Crippen LogP contribution in [-0.2, 0) is 57.9 Å². The van der Waals surface area contributed by atoms with E-state index in [2.05, 4.69) is 88.9 Å². The Hall–Kier alpha value is -12.8. The van der Waals surface area contributed by atoms with Gasteiger partial charge in [0.2, 0.25) is 17.1 Å². The maximum Gasteiger partial charge on any atom is 0.442 e. The molecule has 6 saturated heterocycles. The van der Waals surface area contributed by atoms with Gasteiger partial charge in [-0.25, -0.2) is 61.3 Å². The number of anilines is 6. The zero-order valence-electron chi connectivity index (χ0n) is 82.3. The van der Waals surface area contributed by atoms with Crippen molar-refractivity contribution >= 4 is 110 Å². The molecular formula is C106H132N18O11S3. The number of aromatic nitrogens is 3. The Morgan fingerprint density at radius 2 is 0.652 bits per heavy atom. The molecule has 3 aromatic heterocycles. The molecule has 15 rings (SSSR count). The quantitative estimate of drug-likeness (QED) is 0.0672. The summed E-state index contributed by atoms with van der Waals surface area (Å²) in [6.07, 6.45) is 11.3. The fraction of sp³-hybridized carbons (Fsp3) is 0.443. The molecule has 0 bridgehead atoms. The molecule has 32 heteroatoms. The van der Waals surface area contributed by atoms with E-state index in [0.29, 0.717) is 119 Å². The fourth-order valence-electron chi connectivity index (χ4n) is 18.6. The van der Waals surface area contributed by atoms with Gasteiger partial charge in [-0.3, -0.25) is 9.59 Å². The molecule has 0 radical (unpaired) electrons. The van der Waals surface area contributed by atoms with Crippen molar-refractivity contribution in [2.45, 2.75) is 167 Å². The smallest absolute Gasteiger partial charge is 0.442 e. The Morgan fingerprint density at radius 1 is 0.391 bits per heavy atom. The number of benzene rings is 6. The van der Waals surface area contributed by atoms with Crippen molar-refractivity contribution in [3.05, 3.63) is 266 Å². The lowest BCUT2D eigenvalue weighted by Crippen LogP contribution is -2.49. The van der Waals surface area contributed by atoms with E-state index < -0.39 is 58.5 Å². The van der Waals surface area contributed by atoms with Gasteiger partial charge in [-0.15, -0.1) is 8.73 Å². The number of nitrogens with zero attached hydrogens (tertiary/aromatic N) is 16. The molecule has 0 unspecified atom stereocenters. The number of aromatic carboxylic acids is 1. The van der Waals surface area contributed by atoms with Crippen LogP contribution in [0.1, 0.15) is 162 Å². The van der Waals surface area contributed by atoms with Crippen LogP contribution in [0.15, 0.2) is 187 Å². The minimum atomic E-state index is -3.08. The number of carbonyl (C=O) groups excluding carboxylic acids is 4. The second-order valence-electron chi connectivity index (χ2n) is 38.6. The first-order valence-electron chi connectivity index (χ1n) is 47.3. The van der Waals surface area contributed by atoms with Crippen molar-refractivity contribution in [1.82, 2.24) is 30.1 Å². The predicted molar refractivity (Wildman–Crippen MR) is 550 cm³/mol. The van der Waals surface area contributed by atoms with Gasteiger partial charge in [0.1, 0.15) is 22.6 Å². The number of carbonyl (C=O) groups is 5. The number of piperazine rings is 3. The lowest BCUT2D eigenvalue weighted by Gasteiger charge is -2.37. The van der Waals surface area contributed by atoms with Crippen LogP contribution in [0.4, 0.5) is 60.8 Å². The van der Waals surface area contributed by atoms with E-state index in [4.69, 9.17) is 43.9 Å². The number of nitrogens with one attached hydrogen (secondary N) is 2. The van der Waals surface area contributed by atoms with Gasteiger partial charge in [-0.1, -0.05) is 109 Å². The summed E-state index contributed by atoms with van der Waals surface area (Å²) in [5.74, 6) is 0.347. The summed E-state index contributed by atoms with van der Waals surface area (Å²) in [4.78, 5) is 107. The molecule has 3 N–H and O–H groups in total. The Kier molecular flexibility index (Phi) is 34.8. The summed E-state index contributed by atoms with van der Waals surface area (Å²) in [6, 6.07) is 51.6. The summed E-state index contributed by atoms with van der Waals surface area (Å²) in [6.45, 7) is 57.9. The van der Waals surface area contributed by atoms with Crippen LogP contribution in [0.25, 0.3) is 14.5 Å². The molecule has 9 heterocycles. The number of carboxylic acid groups (broad SMARTS) is 1. The third kappa shape index (κ3) is 27.4. The standard InChI is InChI=1S/C37H46N6O4S.C32H38N6O2S.C21H23N3O2.C16H25N3O3S/c1-26-24-27(2)34(39-30(26)25-28-16-18-41(19-17-28)31-13-9-8-12-29(31)38-6)35(44)43-22-20-42(21-23-43)32-14-10-11-15-33(32)48(7,46)40-36(45)47-37(3,4)5;1-23-21-24(2)31(32(39)38-19-17-37(18-20-38)29-11-7-8-12-30(29)41(4,33)40)35-27(23)22-25-13-15-36(16-14-25)28-10-6-5-9-26(28)34-3;1-14-12-15(2)20(21(25)26)23-18(14)13-16-8-10-24(11-9-16)19-7-5-4-6-17(19)22-3;1-16(2,3)22-15(20)18-23(4,21)14-8-6-5-7-13(14)19-11-9-17-10-12-19/h8-15,24,28H,16-23,25H2,1-5,7H3;5-12,21,25,33H,13-20,22H2,1-2,4H3;4-7,12,16H,8-11,13H2,1-2H3,(H,25,26);5-8,17H,9-12H2,1-4H3/t48-;41-;;23-/m11.1/s1. The van der Waals surface area contributed by atoms with Gasteiger partial charge >= 0.3 is 18.2 Å². The summed E-state index contributed by atoms with van der Waals surface area (Å²) >= 11 is 0. The molecule has 0 saturated carbocycles. The minimum Gasteiger partial charge on any atom is -0.477 e. The minimum absolute atomic E-state index is 0.0398. The molecule has 29 nitrogen and oxygen atoms in total. The maximum absolute atomic E-state index is 13.8. The van der Waals surface area contributed by atoms with Crippen molar-refractivity contribution in [2.75, 3.05) is 166 Å². The highest BCUT2D eigenvalue weighted by atomic mass is 32.2. The molecule has 0 aliphatic carbocycles. The number of rotatable bonds is 18. The average Bonchev–Trinajstić information content (AvgIpc) is 0.785. The average molecular weight is 1930 g/mol. The lowest BCUT2D eigenvalue weighted by molar-refractivity contribution is 0.0595.